The molecule has 2 aromatic rings. The summed E-state index contributed by atoms with van der Waals surface area (Å²) in [5.41, 5.74) is 0.149. The molecule has 0 saturated carbocycles. The van der Waals surface area contributed by atoms with Crippen molar-refractivity contribution in [3.63, 3.8) is 0 Å². The van der Waals surface area contributed by atoms with E-state index in [2.05, 4.69) is 26.0 Å². The Bertz CT molecular complexity index is 552. The third kappa shape index (κ3) is 3.15. The highest BCUT2D eigenvalue weighted by Gasteiger charge is 2.14. The van der Waals surface area contributed by atoms with Crippen LogP contribution in [0.2, 0.25) is 0 Å². The van der Waals surface area contributed by atoms with Gasteiger partial charge in [0.05, 0.1) is 4.92 Å². The maximum atomic E-state index is 10.7. The van der Waals surface area contributed by atoms with E-state index in [0.29, 0.717) is 5.25 Å². The zero-order valence-electron chi connectivity index (χ0n) is 11.0. The number of nitrogens with zero attached hydrogens (tertiary/aromatic N) is 1. The van der Waals surface area contributed by atoms with Crippen LogP contribution in [-0.4, -0.2) is 10.2 Å². The summed E-state index contributed by atoms with van der Waals surface area (Å²) < 4.78 is 0. The van der Waals surface area contributed by atoms with Crippen molar-refractivity contribution in [1.29, 1.82) is 0 Å². The third-order valence-corrected chi connectivity index (χ3v) is 5.63. The van der Waals surface area contributed by atoms with Crippen LogP contribution in [0.1, 0.15) is 13.8 Å². The first kappa shape index (κ1) is 13.6. The van der Waals surface area contributed by atoms with Crippen molar-refractivity contribution in [3.8, 4) is 0 Å². The smallest absolute Gasteiger partial charge is 0.258 e. The summed E-state index contributed by atoms with van der Waals surface area (Å²) >= 11 is 0. The van der Waals surface area contributed by atoms with Gasteiger partial charge in [0.25, 0.3) is 5.69 Å². The van der Waals surface area contributed by atoms with Gasteiger partial charge < -0.3 is 0 Å². The van der Waals surface area contributed by atoms with Crippen molar-refractivity contribution in [2.24, 2.45) is 0 Å². The van der Waals surface area contributed by atoms with Crippen LogP contribution in [0.15, 0.2) is 64.4 Å². The highest BCUT2D eigenvalue weighted by atomic mass is 32.2. The Labute approximate surface area is 115 Å². The Morgan fingerprint density at radius 1 is 0.947 bits per heavy atom. The molecule has 0 saturated heterocycles. The summed E-state index contributed by atoms with van der Waals surface area (Å²) in [5, 5.41) is 11.2. The molecule has 100 valence electrons. The van der Waals surface area contributed by atoms with Crippen molar-refractivity contribution in [1.82, 2.24) is 0 Å². The van der Waals surface area contributed by atoms with Gasteiger partial charge in [-0.3, -0.25) is 10.1 Å². The molecule has 2 rings (SSSR count). The maximum absolute atomic E-state index is 10.7. The summed E-state index contributed by atoms with van der Waals surface area (Å²) in [7, 11) is -0.464. The summed E-state index contributed by atoms with van der Waals surface area (Å²) in [4.78, 5) is 12.8. The second kappa shape index (κ2) is 5.89. The number of benzene rings is 2. The molecule has 1 atom stereocenters. The second-order valence-corrected chi connectivity index (χ2v) is 7.38. The van der Waals surface area contributed by atoms with Crippen LogP contribution in [0.4, 0.5) is 5.69 Å². The molecule has 0 spiro atoms. The van der Waals surface area contributed by atoms with Crippen molar-refractivity contribution >= 4 is 16.6 Å². The molecule has 0 aliphatic rings. The zero-order valence-corrected chi connectivity index (χ0v) is 11.9. The van der Waals surface area contributed by atoms with Gasteiger partial charge in [-0.2, -0.15) is 10.9 Å². The van der Waals surface area contributed by atoms with Crippen LogP contribution < -0.4 is 0 Å². The van der Waals surface area contributed by atoms with E-state index in [0.717, 1.165) is 0 Å². The van der Waals surface area contributed by atoms with E-state index in [1.807, 2.05) is 30.3 Å². The van der Waals surface area contributed by atoms with E-state index in [9.17, 15) is 10.1 Å². The van der Waals surface area contributed by atoms with Crippen LogP contribution in [0.5, 0.6) is 0 Å². The first-order chi connectivity index (χ1) is 9.09. The monoisotopic (exact) mass is 275 g/mol. The first-order valence-electron chi connectivity index (χ1n) is 6.18. The normalized spacial score (nSPS) is 13.3. The lowest BCUT2D eigenvalue weighted by molar-refractivity contribution is -0.384. The number of hydrogen-bond donors (Lipinski definition) is 1. The molecular formula is C15H17NO2S. The van der Waals surface area contributed by atoms with E-state index >= 15 is 0 Å². The predicted octanol–water partition coefficient (Wildman–Crippen LogP) is 4.42. The standard InChI is InChI=1S/C15H17NO2S/c1-12(2)19(14-6-4-3-5-7-14)15-10-8-13(9-11-15)16(17)18/h3-12,19H,1-2H3. The van der Waals surface area contributed by atoms with Crippen LogP contribution in [0.3, 0.4) is 0 Å². The summed E-state index contributed by atoms with van der Waals surface area (Å²) in [6.07, 6.45) is 0. The molecular weight excluding hydrogens is 258 g/mol. The van der Waals surface area contributed by atoms with Gasteiger partial charge in [0.1, 0.15) is 0 Å². The fraction of sp³-hybridized carbons (Fsp3) is 0.200. The lowest BCUT2D eigenvalue weighted by atomic mass is 10.3. The van der Waals surface area contributed by atoms with Crippen molar-refractivity contribution in [2.75, 3.05) is 0 Å². The molecule has 19 heavy (non-hydrogen) atoms. The quantitative estimate of drug-likeness (QED) is 0.510. The van der Waals surface area contributed by atoms with Gasteiger partial charge in [-0.05, 0) is 39.3 Å². The lowest BCUT2D eigenvalue weighted by Gasteiger charge is -2.26. The third-order valence-electron chi connectivity index (χ3n) is 2.89. The van der Waals surface area contributed by atoms with E-state index < -0.39 is 10.9 Å². The van der Waals surface area contributed by atoms with Crippen LogP contribution in [0, 0.1) is 10.1 Å². The van der Waals surface area contributed by atoms with E-state index in [4.69, 9.17) is 0 Å². The Hall–Kier alpha value is -1.81. The molecule has 0 amide bonds. The molecule has 3 nitrogen and oxygen atoms in total. The molecule has 0 aromatic heterocycles. The second-order valence-electron chi connectivity index (χ2n) is 4.57. The molecule has 0 fully saturated rings. The molecule has 1 unspecified atom stereocenters. The number of thiol groups is 1. The van der Waals surface area contributed by atoms with Gasteiger partial charge in [0.15, 0.2) is 0 Å². The van der Waals surface area contributed by atoms with Crippen molar-refractivity contribution < 1.29 is 4.92 Å². The van der Waals surface area contributed by atoms with Crippen LogP contribution >= 0.6 is 10.9 Å². The predicted molar refractivity (Wildman–Crippen MR) is 80.2 cm³/mol. The Kier molecular flexibility index (Phi) is 4.22. The minimum absolute atomic E-state index is 0.149. The van der Waals surface area contributed by atoms with Gasteiger partial charge in [0.2, 0.25) is 0 Å². The van der Waals surface area contributed by atoms with Crippen molar-refractivity contribution in [3.05, 3.63) is 64.7 Å². The number of nitro groups is 1. The Balaban J connectivity index is 2.37. The average Bonchev–Trinajstić information content (AvgIpc) is 2.40. The fourth-order valence-electron chi connectivity index (χ4n) is 2.07. The average molecular weight is 275 g/mol. The Morgan fingerprint density at radius 3 is 1.95 bits per heavy atom. The van der Waals surface area contributed by atoms with Gasteiger partial charge in [-0.1, -0.05) is 32.0 Å². The van der Waals surface area contributed by atoms with Crippen LogP contribution in [0.25, 0.3) is 0 Å². The van der Waals surface area contributed by atoms with E-state index in [1.54, 1.807) is 12.1 Å². The zero-order chi connectivity index (χ0) is 13.8. The first-order valence-corrected chi connectivity index (χ1v) is 7.59. The molecule has 2 aromatic carbocycles. The van der Waals surface area contributed by atoms with E-state index in [1.165, 1.54) is 9.79 Å². The van der Waals surface area contributed by atoms with Gasteiger partial charge in [-0.15, -0.1) is 0 Å². The number of rotatable bonds is 4. The lowest BCUT2D eigenvalue weighted by Crippen LogP contribution is -1.99. The number of non-ortho nitro benzene ring substituents is 1. The topological polar surface area (TPSA) is 43.1 Å². The number of nitro benzene ring substituents is 1. The molecule has 0 radical (unpaired) electrons. The van der Waals surface area contributed by atoms with Gasteiger partial charge in [-0.25, -0.2) is 0 Å². The molecule has 0 bridgehead atoms. The fourth-order valence-corrected chi connectivity index (χ4v) is 4.52. The highest BCUT2D eigenvalue weighted by molar-refractivity contribution is 8.17. The number of hydrogen-bond acceptors (Lipinski definition) is 2. The SMILES string of the molecule is CC(C)[SH](c1ccccc1)c1ccc([N+](=O)[O-])cc1. The summed E-state index contributed by atoms with van der Waals surface area (Å²) in [6, 6.07) is 17.3. The molecule has 0 aliphatic heterocycles. The summed E-state index contributed by atoms with van der Waals surface area (Å²) in [5.74, 6) is 0. The van der Waals surface area contributed by atoms with Crippen LogP contribution in [-0.2, 0) is 0 Å². The van der Waals surface area contributed by atoms with Gasteiger partial charge in [0, 0.05) is 12.1 Å². The molecule has 0 aliphatic carbocycles. The maximum Gasteiger partial charge on any atom is 0.269 e. The molecule has 0 N–H and O–H groups in total. The van der Waals surface area contributed by atoms with E-state index in [-0.39, 0.29) is 10.6 Å². The molecule has 0 heterocycles. The highest BCUT2D eigenvalue weighted by Crippen LogP contribution is 2.48. The minimum Gasteiger partial charge on any atom is -0.258 e. The summed E-state index contributed by atoms with van der Waals surface area (Å²) in [6.45, 7) is 4.39. The Morgan fingerprint density at radius 2 is 1.47 bits per heavy atom. The largest absolute Gasteiger partial charge is 0.269 e. The minimum atomic E-state index is -0.464. The molecule has 4 heteroatoms. The van der Waals surface area contributed by atoms with Crippen molar-refractivity contribution in [2.45, 2.75) is 28.9 Å². The van der Waals surface area contributed by atoms with Gasteiger partial charge >= 0.3 is 0 Å².